The van der Waals surface area contributed by atoms with Crippen LogP contribution in [-0.2, 0) is 10.2 Å². The lowest BCUT2D eigenvalue weighted by Crippen LogP contribution is -2.41. The Morgan fingerprint density at radius 1 is 1.00 bits per heavy atom. The summed E-state index contributed by atoms with van der Waals surface area (Å²) < 4.78 is 5.65. The molecule has 0 heterocycles. The Morgan fingerprint density at radius 2 is 1.67 bits per heavy atom. The van der Waals surface area contributed by atoms with Crippen molar-refractivity contribution in [3.05, 3.63) is 64.7 Å². The number of hydrazine groups is 1. The van der Waals surface area contributed by atoms with E-state index in [4.69, 9.17) is 16.3 Å². The molecule has 2 N–H and O–H groups in total. The Balaban J connectivity index is 1.67. The molecule has 2 amide bonds. The van der Waals surface area contributed by atoms with Gasteiger partial charge in [-0.25, -0.2) is 0 Å². The lowest BCUT2D eigenvalue weighted by Gasteiger charge is -2.19. The number of hydrogen-bond donors (Lipinski definition) is 2. The molecule has 6 heteroatoms. The van der Waals surface area contributed by atoms with Gasteiger partial charge in [-0.15, -0.1) is 0 Å². The standard InChI is InChI=1S/C21H25ClN2O3/c1-21(2,3)15-10-12-16(13-11-15)27-14-6-9-19(25)23-24-20(26)17-7-4-5-8-18(17)22/h4-5,7-8,10-13H,6,9,14H2,1-3H3,(H,23,25)(H,24,26). The fourth-order valence-electron chi connectivity index (χ4n) is 2.38. The molecule has 0 aromatic heterocycles. The van der Waals surface area contributed by atoms with Gasteiger partial charge < -0.3 is 4.74 Å². The van der Waals surface area contributed by atoms with Crippen molar-refractivity contribution in [1.82, 2.24) is 10.9 Å². The van der Waals surface area contributed by atoms with Crippen molar-refractivity contribution < 1.29 is 14.3 Å². The summed E-state index contributed by atoms with van der Waals surface area (Å²) in [6, 6.07) is 14.6. The van der Waals surface area contributed by atoms with Crippen molar-refractivity contribution in [2.45, 2.75) is 39.0 Å². The van der Waals surface area contributed by atoms with Gasteiger partial charge in [0.15, 0.2) is 0 Å². The van der Waals surface area contributed by atoms with Crippen molar-refractivity contribution in [2.75, 3.05) is 6.61 Å². The number of hydrogen-bond acceptors (Lipinski definition) is 3. The lowest BCUT2D eigenvalue weighted by molar-refractivity contribution is -0.122. The second-order valence-corrected chi connectivity index (χ2v) is 7.62. The van der Waals surface area contributed by atoms with E-state index in [-0.39, 0.29) is 17.7 Å². The number of amides is 2. The van der Waals surface area contributed by atoms with Gasteiger partial charge in [0.2, 0.25) is 5.91 Å². The van der Waals surface area contributed by atoms with Crippen molar-refractivity contribution in [3.8, 4) is 5.75 Å². The largest absolute Gasteiger partial charge is 0.494 e. The first kappa shape index (κ1) is 20.8. The number of benzene rings is 2. The summed E-state index contributed by atoms with van der Waals surface area (Å²) in [4.78, 5) is 23.8. The van der Waals surface area contributed by atoms with Crippen molar-refractivity contribution in [2.24, 2.45) is 0 Å². The van der Waals surface area contributed by atoms with Crippen LogP contribution in [0, 0.1) is 0 Å². The Bertz CT molecular complexity index is 783. The summed E-state index contributed by atoms with van der Waals surface area (Å²) in [7, 11) is 0. The number of carbonyl (C=O) groups excluding carboxylic acids is 2. The Hall–Kier alpha value is -2.53. The van der Waals surface area contributed by atoms with E-state index in [0.717, 1.165) is 5.75 Å². The van der Waals surface area contributed by atoms with Crippen LogP contribution in [0.1, 0.15) is 49.5 Å². The number of nitrogens with one attached hydrogen (secondary N) is 2. The molecule has 0 spiro atoms. The molecule has 5 nitrogen and oxygen atoms in total. The highest BCUT2D eigenvalue weighted by Gasteiger charge is 2.13. The second kappa shape index (κ2) is 9.42. The molecule has 2 aromatic rings. The van der Waals surface area contributed by atoms with Crippen LogP contribution in [0.4, 0.5) is 0 Å². The van der Waals surface area contributed by atoms with Gasteiger partial charge in [-0.2, -0.15) is 0 Å². The Labute approximate surface area is 165 Å². The monoisotopic (exact) mass is 388 g/mol. The lowest BCUT2D eigenvalue weighted by atomic mass is 9.87. The van der Waals surface area contributed by atoms with Gasteiger partial charge in [-0.3, -0.25) is 20.4 Å². The quantitative estimate of drug-likeness (QED) is 0.574. The van der Waals surface area contributed by atoms with Gasteiger partial charge >= 0.3 is 0 Å². The number of halogens is 1. The van der Waals surface area contributed by atoms with Crippen LogP contribution in [0.3, 0.4) is 0 Å². The topological polar surface area (TPSA) is 67.4 Å². The van der Waals surface area contributed by atoms with Crippen molar-refractivity contribution in [1.29, 1.82) is 0 Å². The van der Waals surface area contributed by atoms with Gasteiger partial charge in [0.25, 0.3) is 5.91 Å². The molecular formula is C21H25ClN2O3. The maximum absolute atomic E-state index is 11.9. The van der Waals surface area contributed by atoms with Crippen LogP contribution in [0.2, 0.25) is 5.02 Å². The van der Waals surface area contributed by atoms with Gasteiger partial charge in [-0.1, -0.05) is 56.6 Å². The van der Waals surface area contributed by atoms with E-state index in [1.54, 1.807) is 24.3 Å². The number of rotatable bonds is 6. The second-order valence-electron chi connectivity index (χ2n) is 7.21. The third kappa shape index (κ3) is 6.61. The number of ether oxygens (including phenoxy) is 1. The molecular weight excluding hydrogens is 364 g/mol. The SMILES string of the molecule is CC(C)(C)c1ccc(OCCCC(=O)NNC(=O)c2ccccc2Cl)cc1. The van der Waals surface area contributed by atoms with E-state index in [1.807, 2.05) is 24.3 Å². The van der Waals surface area contributed by atoms with Crippen LogP contribution in [0.25, 0.3) is 0 Å². The van der Waals surface area contributed by atoms with Crippen LogP contribution in [0.5, 0.6) is 5.75 Å². The van der Waals surface area contributed by atoms with Gasteiger partial charge in [0.1, 0.15) is 5.75 Å². The smallest absolute Gasteiger partial charge is 0.271 e. The minimum atomic E-state index is -0.455. The first-order valence-electron chi connectivity index (χ1n) is 8.84. The maximum atomic E-state index is 11.9. The fraction of sp³-hybridized carbons (Fsp3) is 0.333. The molecule has 0 fully saturated rings. The molecule has 0 saturated carbocycles. The zero-order chi connectivity index (χ0) is 19.9. The fourth-order valence-corrected chi connectivity index (χ4v) is 2.60. The molecule has 0 aliphatic carbocycles. The van der Waals surface area contributed by atoms with E-state index < -0.39 is 5.91 Å². The van der Waals surface area contributed by atoms with Crippen LogP contribution in [-0.4, -0.2) is 18.4 Å². The van der Waals surface area contributed by atoms with Crippen LogP contribution < -0.4 is 15.6 Å². The third-order valence-electron chi connectivity index (χ3n) is 3.97. The Morgan fingerprint density at radius 3 is 2.30 bits per heavy atom. The minimum absolute atomic E-state index is 0.102. The predicted octanol–water partition coefficient (Wildman–Crippen LogP) is 4.26. The average molecular weight is 389 g/mol. The highest BCUT2D eigenvalue weighted by molar-refractivity contribution is 6.33. The van der Waals surface area contributed by atoms with Crippen molar-refractivity contribution in [3.63, 3.8) is 0 Å². The number of carbonyl (C=O) groups is 2. The predicted molar refractivity (Wildman–Crippen MR) is 107 cm³/mol. The highest BCUT2D eigenvalue weighted by atomic mass is 35.5. The average Bonchev–Trinajstić information content (AvgIpc) is 2.63. The molecule has 0 saturated heterocycles. The van der Waals surface area contributed by atoms with Gasteiger partial charge in [-0.05, 0) is 41.7 Å². The zero-order valence-electron chi connectivity index (χ0n) is 15.8. The minimum Gasteiger partial charge on any atom is -0.494 e. The van der Waals surface area contributed by atoms with Crippen LogP contribution >= 0.6 is 11.6 Å². The molecule has 144 valence electrons. The van der Waals surface area contributed by atoms with Crippen LogP contribution in [0.15, 0.2) is 48.5 Å². The molecule has 0 atom stereocenters. The first-order chi connectivity index (χ1) is 12.8. The molecule has 0 unspecified atom stereocenters. The summed E-state index contributed by atoms with van der Waals surface area (Å²) in [5.41, 5.74) is 6.38. The van der Waals surface area contributed by atoms with Crippen molar-refractivity contribution >= 4 is 23.4 Å². The van der Waals surface area contributed by atoms with Gasteiger partial charge in [0.05, 0.1) is 17.2 Å². The van der Waals surface area contributed by atoms with Gasteiger partial charge in [0, 0.05) is 6.42 Å². The summed E-state index contributed by atoms with van der Waals surface area (Å²) in [5.74, 6) is 0.0293. The summed E-state index contributed by atoms with van der Waals surface area (Å²) in [6.45, 7) is 6.89. The first-order valence-corrected chi connectivity index (χ1v) is 9.22. The third-order valence-corrected chi connectivity index (χ3v) is 4.30. The molecule has 0 aliphatic heterocycles. The van der Waals surface area contributed by atoms with E-state index in [2.05, 4.69) is 31.6 Å². The highest BCUT2D eigenvalue weighted by Crippen LogP contribution is 2.24. The van der Waals surface area contributed by atoms with E-state index in [1.165, 1.54) is 5.56 Å². The molecule has 27 heavy (non-hydrogen) atoms. The summed E-state index contributed by atoms with van der Waals surface area (Å²) in [6.07, 6.45) is 0.775. The molecule has 0 aliphatic rings. The molecule has 2 rings (SSSR count). The summed E-state index contributed by atoms with van der Waals surface area (Å²) in [5, 5.41) is 0.329. The Kier molecular flexibility index (Phi) is 7.25. The zero-order valence-corrected chi connectivity index (χ0v) is 16.6. The molecule has 2 aromatic carbocycles. The maximum Gasteiger partial charge on any atom is 0.271 e. The van der Waals surface area contributed by atoms with E-state index in [9.17, 15) is 9.59 Å². The molecule has 0 radical (unpaired) electrons. The molecule has 0 bridgehead atoms. The summed E-state index contributed by atoms with van der Waals surface area (Å²) >= 11 is 5.94. The van der Waals surface area contributed by atoms with E-state index >= 15 is 0 Å². The normalized spacial score (nSPS) is 11.0. The van der Waals surface area contributed by atoms with E-state index in [0.29, 0.717) is 23.6 Å².